The van der Waals surface area contributed by atoms with E-state index in [9.17, 15) is 12.8 Å². The summed E-state index contributed by atoms with van der Waals surface area (Å²) >= 11 is 5.96. The molecule has 0 aliphatic carbocycles. The zero-order valence-corrected chi connectivity index (χ0v) is 14.2. The third-order valence-electron chi connectivity index (χ3n) is 3.44. The van der Waals surface area contributed by atoms with Crippen molar-refractivity contribution in [3.8, 4) is 0 Å². The topological polar surface area (TPSA) is 37.4 Å². The van der Waals surface area contributed by atoms with Crippen molar-refractivity contribution in [3.05, 3.63) is 63.9 Å². The zero-order valence-electron chi connectivity index (χ0n) is 12.6. The second kappa shape index (κ2) is 6.36. The normalized spacial score (nSPS) is 11.9. The van der Waals surface area contributed by atoms with Crippen molar-refractivity contribution in [1.29, 1.82) is 0 Å². The van der Waals surface area contributed by atoms with Crippen molar-refractivity contribution in [2.24, 2.45) is 0 Å². The fraction of sp³-hybridized carbons (Fsp3) is 0.250. The first-order valence-electron chi connectivity index (χ1n) is 6.69. The Morgan fingerprint density at radius 1 is 1.14 bits per heavy atom. The van der Waals surface area contributed by atoms with Crippen LogP contribution in [0.4, 0.5) is 4.39 Å². The van der Waals surface area contributed by atoms with Crippen LogP contribution in [0.1, 0.15) is 16.7 Å². The standard InChI is InChI=1S/C16H17ClFNO2S/c1-11-4-5-12(2)16(8-11)22(20,21)19(3)10-13-6-7-14(18)9-15(13)17/h4-9H,10H2,1-3H3. The van der Waals surface area contributed by atoms with Crippen molar-refractivity contribution in [1.82, 2.24) is 4.31 Å². The average Bonchev–Trinajstić information content (AvgIpc) is 2.44. The van der Waals surface area contributed by atoms with Crippen LogP contribution in [0, 0.1) is 19.7 Å². The highest BCUT2D eigenvalue weighted by Crippen LogP contribution is 2.24. The van der Waals surface area contributed by atoms with Crippen molar-refractivity contribution in [3.63, 3.8) is 0 Å². The molecule has 2 aromatic carbocycles. The smallest absolute Gasteiger partial charge is 0.207 e. The number of hydrogen-bond acceptors (Lipinski definition) is 2. The molecule has 0 fully saturated rings. The highest BCUT2D eigenvalue weighted by Gasteiger charge is 2.23. The molecule has 0 aliphatic rings. The number of hydrogen-bond donors (Lipinski definition) is 0. The van der Waals surface area contributed by atoms with E-state index in [0.29, 0.717) is 11.1 Å². The average molecular weight is 342 g/mol. The third-order valence-corrected chi connectivity index (χ3v) is 5.74. The first kappa shape index (κ1) is 16.9. The van der Waals surface area contributed by atoms with Crippen LogP contribution < -0.4 is 0 Å². The van der Waals surface area contributed by atoms with Gasteiger partial charge in [-0.15, -0.1) is 0 Å². The molecule has 0 radical (unpaired) electrons. The van der Waals surface area contributed by atoms with E-state index in [4.69, 9.17) is 11.6 Å². The molecular weight excluding hydrogens is 325 g/mol. The third kappa shape index (κ3) is 3.48. The first-order chi connectivity index (χ1) is 10.2. The molecule has 0 aromatic heterocycles. The minimum Gasteiger partial charge on any atom is -0.207 e. The maximum atomic E-state index is 13.1. The van der Waals surface area contributed by atoms with Crippen LogP contribution in [-0.2, 0) is 16.6 Å². The molecular formula is C16H17ClFNO2S. The number of benzene rings is 2. The van der Waals surface area contributed by atoms with Gasteiger partial charge in [-0.05, 0) is 48.7 Å². The van der Waals surface area contributed by atoms with Crippen LogP contribution in [0.15, 0.2) is 41.3 Å². The van der Waals surface area contributed by atoms with Crippen LogP contribution in [0.5, 0.6) is 0 Å². The summed E-state index contributed by atoms with van der Waals surface area (Å²) in [6, 6.07) is 9.22. The number of rotatable bonds is 4. The summed E-state index contributed by atoms with van der Waals surface area (Å²) in [7, 11) is -2.15. The summed E-state index contributed by atoms with van der Waals surface area (Å²) in [6.07, 6.45) is 0. The van der Waals surface area contributed by atoms with Gasteiger partial charge < -0.3 is 0 Å². The van der Waals surface area contributed by atoms with E-state index >= 15 is 0 Å². The largest absolute Gasteiger partial charge is 0.243 e. The number of nitrogens with zero attached hydrogens (tertiary/aromatic N) is 1. The van der Waals surface area contributed by atoms with Crippen LogP contribution in [0.25, 0.3) is 0 Å². The monoisotopic (exact) mass is 341 g/mol. The Bertz CT molecular complexity index is 806. The van der Waals surface area contributed by atoms with E-state index in [1.165, 1.54) is 29.6 Å². The van der Waals surface area contributed by atoms with Crippen LogP contribution in [0.3, 0.4) is 0 Å². The highest BCUT2D eigenvalue weighted by atomic mass is 35.5. The van der Waals surface area contributed by atoms with E-state index in [-0.39, 0.29) is 16.5 Å². The molecule has 0 atom stereocenters. The quantitative estimate of drug-likeness (QED) is 0.845. The van der Waals surface area contributed by atoms with Crippen molar-refractivity contribution >= 4 is 21.6 Å². The molecule has 0 spiro atoms. The van der Waals surface area contributed by atoms with E-state index in [1.807, 2.05) is 13.0 Å². The Morgan fingerprint density at radius 3 is 2.45 bits per heavy atom. The van der Waals surface area contributed by atoms with Gasteiger partial charge in [-0.2, -0.15) is 4.31 Å². The summed E-state index contributed by atoms with van der Waals surface area (Å²) in [6.45, 7) is 3.68. The molecule has 3 nitrogen and oxygen atoms in total. The molecule has 6 heteroatoms. The van der Waals surface area contributed by atoms with Gasteiger partial charge in [0.15, 0.2) is 0 Å². The summed E-state index contributed by atoms with van der Waals surface area (Å²) in [5.41, 5.74) is 2.11. The zero-order chi connectivity index (χ0) is 16.5. The maximum Gasteiger partial charge on any atom is 0.243 e. The minimum atomic E-state index is -3.64. The van der Waals surface area contributed by atoms with Gasteiger partial charge in [-0.25, -0.2) is 12.8 Å². The Labute approximate surface area is 135 Å². The summed E-state index contributed by atoms with van der Waals surface area (Å²) < 4.78 is 39.7. The second-order valence-corrected chi connectivity index (χ2v) is 7.69. The predicted octanol–water partition coefficient (Wildman–Crippen LogP) is 3.92. The van der Waals surface area contributed by atoms with Crippen LogP contribution >= 0.6 is 11.6 Å². The molecule has 0 unspecified atom stereocenters. The summed E-state index contributed by atoms with van der Waals surface area (Å²) in [5.74, 6) is -0.450. The van der Waals surface area contributed by atoms with E-state index in [0.717, 1.165) is 5.56 Å². The fourth-order valence-corrected chi connectivity index (χ4v) is 3.81. The minimum absolute atomic E-state index is 0.0782. The van der Waals surface area contributed by atoms with E-state index < -0.39 is 15.8 Å². The molecule has 0 N–H and O–H groups in total. The number of aryl methyl sites for hydroxylation is 2. The summed E-state index contributed by atoms with van der Waals surface area (Å²) in [4.78, 5) is 0.272. The van der Waals surface area contributed by atoms with Crippen molar-refractivity contribution in [2.75, 3.05) is 7.05 Å². The lowest BCUT2D eigenvalue weighted by Crippen LogP contribution is -2.27. The van der Waals surface area contributed by atoms with E-state index in [2.05, 4.69) is 0 Å². The lowest BCUT2D eigenvalue weighted by Gasteiger charge is -2.19. The van der Waals surface area contributed by atoms with Gasteiger partial charge in [-0.3, -0.25) is 0 Å². The Kier molecular flexibility index (Phi) is 4.90. The Morgan fingerprint density at radius 2 is 1.82 bits per heavy atom. The summed E-state index contributed by atoms with van der Waals surface area (Å²) in [5, 5.41) is 0.211. The van der Waals surface area contributed by atoms with Crippen molar-refractivity contribution < 1.29 is 12.8 Å². The molecule has 2 aromatic rings. The molecule has 2 rings (SSSR count). The molecule has 0 heterocycles. The predicted molar refractivity (Wildman–Crippen MR) is 86.0 cm³/mol. The first-order valence-corrected chi connectivity index (χ1v) is 8.51. The Balaban J connectivity index is 2.35. The second-order valence-electron chi connectivity index (χ2n) is 5.27. The molecule has 118 valence electrons. The van der Waals surface area contributed by atoms with Gasteiger partial charge in [0.1, 0.15) is 5.82 Å². The molecule has 0 bridgehead atoms. The number of sulfonamides is 1. The number of halogens is 2. The lowest BCUT2D eigenvalue weighted by molar-refractivity contribution is 0.466. The molecule has 0 aliphatic heterocycles. The SMILES string of the molecule is Cc1ccc(C)c(S(=O)(=O)N(C)Cc2ccc(F)cc2Cl)c1. The van der Waals surface area contributed by atoms with Crippen LogP contribution in [0.2, 0.25) is 5.02 Å². The highest BCUT2D eigenvalue weighted by molar-refractivity contribution is 7.89. The maximum absolute atomic E-state index is 13.1. The van der Waals surface area contributed by atoms with Crippen LogP contribution in [-0.4, -0.2) is 19.8 Å². The van der Waals surface area contributed by atoms with Gasteiger partial charge in [-0.1, -0.05) is 29.8 Å². The van der Waals surface area contributed by atoms with Gasteiger partial charge in [0.2, 0.25) is 10.0 Å². The molecule has 0 saturated carbocycles. The van der Waals surface area contributed by atoms with Gasteiger partial charge >= 0.3 is 0 Å². The Hall–Kier alpha value is -1.43. The van der Waals surface area contributed by atoms with Gasteiger partial charge in [0.25, 0.3) is 0 Å². The van der Waals surface area contributed by atoms with Gasteiger partial charge in [0, 0.05) is 18.6 Å². The molecule has 22 heavy (non-hydrogen) atoms. The molecule has 0 amide bonds. The van der Waals surface area contributed by atoms with Gasteiger partial charge in [0.05, 0.1) is 4.90 Å². The van der Waals surface area contributed by atoms with Crippen molar-refractivity contribution in [2.45, 2.75) is 25.3 Å². The lowest BCUT2D eigenvalue weighted by atomic mass is 10.2. The molecule has 0 saturated heterocycles. The van der Waals surface area contributed by atoms with E-state index in [1.54, 1.807) is 19.1 Å². The fourth-order valence-electron chi connectivity index (χ4n) is 2.13.